The van der Waals surface area contributed by atoms with Gasteiger partial charge < -0.3 is 15.4 Å². The smallest absolute Gasteiger partial charge is 0.387 e. The monoisotopic (exact) mass is 396 g/mol. The molecular weight excluding hydrogens is 370 g/mol. The molecule has 2 aliphatic rings. The highest BCUT2D eigenvalue weighted by Crippen LogP contribution is 2.26. The van der Waals surface area contributed by atoms with Gasteiger partial charge in [0.1, 0.15) is 5.75 Å². The zero-order valence-corrected chi connectivity index (χ0v) is 15.9. The molecule has 1 aromatic rings. The standard InChI is InChI=1S/C19H26F2N4O3/c1-13(18(27)23-15-4-2-3-5-16(15)28-19(20)21)25-10-8-24(9-11-25)12-17(26)22-14-6-7-14/h2-5,13-14,19H,6-12H2,1H3,(H,22,26)(H,23,27). The highest BCUT2D eigenvalue weighted by molar-refractivity contribution is 5.95. The summed E-state index contributed by atoms with van der Waals surface area (Å²) in [6, 6.07) is 6.05. The van der Waals surface area contributed by atoms with Crippen LogP contribution in [0.4, 0.5) is 14.5 Å². The second-order valence-electron chi connectivity index (χ2n) is 7.19. The van der Waals surface area contributed by atoms with Gasteiger partial charge in [0.25, 0.3) is 0 Å². The summed E-state index contributed by atoms with van der Waals surface area (Å²) < 4.78 is 29.5. The third kappa shape index (κ3) is 5.87. The van der Waals surface area contributed by atoms with Gasteiger partial charge in [0.05, 0.1) is 18.3 Å². The molecule has 3 rings (SSSR count). The van der Waals surface area contributed by atoms with Crippen LogP contribution in [0.5, 0.6) is 5.75 Å². The molecule has 0 aromatic heterocycles. The number of hydrogen-bond acceptors (Lipinski definition) is 5. The number of ether oxygens (including phenoxy) is 1. The van der Waals surface area contributed by atoms with Crippen molar-refractivity contribution in [1.29, 1.82) is 0 Å². The van der Waals surface area contributed by atoms with Crippen molar-refractivity contribution in [3.63, 3.8) is 0 Å². The fraction of sp³-hybridized carbons (Fsp3) is 0.579. The molecule has 9 heteroatoms. The summed E-state index contributed by atoms with van der Waals surface area (Å²) in [5, 5.41) is 5.64. The maximum atomic E-state index is 12.6. The van der Waals surface area contributed by atoms with Crippen LogP contribution in [0.15, 0.2) is 24.3 Å². The van der Waals surface area contributed by atoms with E-state index in [1.165, 1.54) is 12.1 Å². The summed E-state index contributed by atoms with van der Waals surface area (Å²) in [5.74, 6) is -0.299. The molecule has 154 valence electrons. The van der Waals surface area contributed by atoms with E-state index in [0.717, 1.165) is 12.8 Å². The number of nitrogens with one attached hydrogen (secondary N) is 2. The summed E-state index contributed by atoms with van der Waals surface area (Å²) in [4.78, 5) is 28.6. The predicted molar refractivity (Wildman–Crippen MR) is 100 cm³/mol. The number of benzene rings is 1. The van der Waals surface area contributed by atoms with Crippen LogP contribution in [0.25, 0.3) is 0 Å². The van der Waals surface area contributed by atoms with Crippen LogP contribution in [0, 0.1) is 0 Å². The molecule has 2 fully saturated rings. The molecule has 1 aliphatic heterocycles. The molecule has 1 aromatic carbocycles. The van der Waals surface area contributed by atoms with Crippen molar-refractivity contribution < 1.29 is 23.1 Å². The van der Waals surface area contributed by atoms with E-state index >= 15 is 0 Å². The highest BCUT2D eigenvalue weighted by atomic mass is 19.3. The molecule has 7 nitrogen and oxygen atoms in total. The molecule has 1 saturated heterocycles. The summed E-state index contributed by atoms with van der Waals surface area (Å²) in [7, 11) is 0. The van der Waals surface area contributed by atoms with Gasteiger partial charge in [-0.05, 0) is 31.9 Å². The van der Waals surface area contributed by atoms with E-state index in [1.807, 2.05) is 4.90 Å². The molecule has 1 unspecified atom stereocenters. The summed E-state index contributed by atoms with van der Waals surface area (Å²) >= 11 is 0. The summed E-state index contributed by atoms with van der Waals surface area (Å²) in [6.07, 6.45) is 2.13. The zero-order chi connectivity index (χ0) is 20.1. The van der Waals surface area contributed by atoms with Gasteiger partial charge in [0, 0.05) is 32.2 Å². The van der Waals surface area contributed by atoms with E-state index in [-0.39, 0.29) is 23.3 Å². The van der Waals surface area contributed by atoms with Crippen LogP contribution in [-0.2, 0) is 9.59 Å². The number of para-hydroxylation sites is 2. The van der Waals surface area contributed by atoms with Gasteiger partial charge in [-0.15, -0.1) is 0 Å². The second-order valence-corrected chi connectivity index (χ2v) is 7.19. The molecule has 2 amide bonds. The molecule has 0 radical (unpaired) electrons. The van der Waals surface area contributed by atoms with Crippen molar-refractivity contribution in [2.75, 3.05) is 38.0 Å². The number of halogens is 2. The minimum Gasteiger partial charge on any atom is -0.433 e. The first-order chi connectivity index (χ1) is 13.4. The Balaban J connectivity index is 1.47. The Morgan fingerprint density at radius 3 is 2.50 bits per heavy atom. The minimum atomic E-state index is -2.96. The summed E-state index contributed by atoms with van der Waals surface area (Å²) in [6.45, 7) is 1.90. The topological polar surface area (TPSA) is 73.9 Å². The Bertz CT molecular complexity index is 692. The first-order valence-corrected chi connectivity index (χ1v) is 9.53. The van der Waals surface area contributed by atoms with Crippen LogP contribution in [0.1, 0.15) is 19.8 Å². The lowest BCUT2D eigenvalue weighted by Gasteiger charge is -2.37. The first kappa shape index (κ1) is 20.5. The van der Waals surface area contributed by atoms with Crippen molar-refractivity contribution in [2.24, 2.45) is 0 Å². The quantitative estimate of drug-likeness (QED) is 0.697. The van der Waals surface area contributed by atoms with Crippen molar-refractivity contribution >= 4 is 17.5 Å². The molecular formula is C19H26F2N4O3. The van der Waals surface area contributed by atoms with Crippen molar-refractivity contribution in [3.8, 4) is 5.75 Å². The highest BCUT2D eigenvalue weighted by Gasteiger charge is 2.28. The number of rotatable bonds is 8. The Hall–Kier alpha value is -2.26. The lowest BCUT2D eigenvalue weighted by molar-refractivity contribution is -0.124. The Morgan fingerprint density at radius 2 is 1.86 bits per heavy atom. The maximum Gasteiger partial charge on any atom is 0.387 e. The van der Waals surface area contributed by atoms with E-state index in [1.54, 1.807) is 19.1 Å². The van der Waals surface area contributed by atoms with Gasteiger partial charge in [-0.25, -0.2) is 0 Å². The molecule has 1 aliphatic carbocycles. The molecule has 0 spiro atoms. The van der Waals surface area contributed by atoms with Crippen LogP contribution < -0.4 is 15.4 Å². The number of nitrogens with zero attached hydrogens (tertiary/aromatic N) is 2. The number of anilines is 1. The number of amides is 2. The zero-order valence-electron chi connectivity index (χ0n) is 15.9. The number of hydrogen-bond donors (Lipinski definition) is 2. The van der Waals surface area contributed by atoms with Gasteiger partial charge >= 0.3 is 6.61 Å². The second kappa shape index (κ2) is 9.29. The largest absolute Gasteiger partial charge is 0.433 e. The predicted octanol–water partition coefficient (Wildman–Crippen LogP) is 1.51. The molecule has 1 atom stereocenters. The normalized spacial score (nSPS) is 19.3. The number of carbonyl (C=O) groups excluding carboxylic acids is 2. The van der Waals surface area contributed by atoms with E-state index in [2.05, 4.69) is 20.3 Å². The lowest BCUT2D eigenvalue weighted by Crippen LogP contribution is -2.54. The average molecular weight is 396 g/mol. The number of carbonyl (C=O) groups is 2. The Morgan fingerprint density at radius 1 is 1.18 bits per heavy atom. The third-order valence-electron chi connectivity index (χ3n) is 5.00. The first-order valence-electron chi connectivity index (χ1n) is 9.53. The molecule has 1 heterocycles. The fourth-order valence-corrected chi connectivity index (χ4v) is 3.18. The minimum absolute atomic E-state index is 0.0531. The van der Waals surface area contributed by atoms with Gasteiger partial charge in [-0.1, -0.05) is 12.1 Å². The van der Waals surface area contributed by atoms with Gasteiger partial charge in [0.2, 0.25) is 11.8 Å². The van der Waals surface area contributed by atoms with E-state index in [0.29, 0.717) is 38.8 Å². The van der Waals surface area contributed by atoms with E-state index in [4.69, 9.17) is 0 Å². The van der Waals surface area contributed by atoms with E-state index < -0.39 is 12.7 Å². The van der Waals surface area contributed by atoms with E-state index in [9.17, 15) is 18.4 Å². The third-order valence-corrected chi connectivity index (χ3v) is 5.00. The number of alkyl halides is 2. The molecule has 0 bridgehead atoms. The van der Waals surface area contributed by atoms with Crippen molar-refractivity contribution in [2.45, 2.75) is 38.5 Å². The molecule has 2 N–H and O–H groups in total. The van der Waals surface area contributed by atoms with Gasteiger partial charge in [0.15, 0.2) is 0 Å². The van der Waals surface area contributed by atoms with Gasteiger partial charge in [-0.3, -0.25) is 19.4 Å². The molecule has 28 heavy (non-hydrogen) atoms. The lowest BCUT2D eigenvalue weighted by atomic mass is 10.2. The van der Waals surface area contributed by atoms with Crippen LogP contribution in [0.2, 0.25) is 0 Å². The van der Waals surface area contributed by atoms with Crippen molar-refractivity contribution in [3.05, 3.63) is 24.3 Å². The van der Waals surface area contributed by atoms with Gasteiger partial charge in [-0.2, -0.15) is 8.78 Å². The van der Waals surface area contributed by atoms with Crippen molar-refractivity contribution in [1.82, 2.24) is 15.1 Å². The van der Waals surface area contributed by atoms with Crippen LogP contribution in [0.3, 0.4) is 0 Å². The SMILES string of the molecule is CC(C(=O)Nc1ccccc1OC(F)F)N1CCN(CC(=O)NC2CC2)CC1. The molecule has 1 saturated carbocycles. The van der Waals surface area contributed by atoms with Crippen LogP contribution in [-0.4, -0.2) is 73.0 Å². The Kier molecular flexibility index (Phi) is 6.79. The summed E-state index contributed by atoms with van der Waals surface area (Å²) in [5.41, 5.74) is 0.218. The Labute approximate surface area is 163 Å². The fourth-order valence-electron chi connectivity index (χ4n) is 3.18. The number of piperazine rings is 1. The van der Waals surface area contributed by atoms with Crippen LogP contribution >= 0.6 is 0 Å². The maximum absolute atomic E-state index is 12.6. The average Bonchev–Trinajstić information content (AvgIpc) is 3.46.